The van der Waals surface area contributed by atoms with E-state index in [4.69, 9.17) is 4.74 Å². The van der Waals surface area contributed by atoms with Crippen LogP contribution < -0.4 is 10.5 Å². The molecule has 0 unspecified atom stereocenters. The minimum atomic E-state index is -0.310. The molecule has 5 rings (SSSR count). The number of anilines is 1. The number of likely N-dealkylation sites (tertiary alicyclic amines) is 1. The van der Waals surface area contributed by atoms with E-state index in [0.717, 1.165) is 31.0 Å². The van der Waals surface area contributed by atoms with E-state index >= 15 is 0 Å². The van der Waals surface area contributed by atoms with Gasteiger partial charge in [0.2, 0.25) is 5.88 Å². The second-order valence-electron chi connectivity index (χ2n) is 8.81. The molecule has 0 atom stereocenters. The fourth-order valence-corrected chi connectivity index (χ4v) is 4.67. The Kier molecular flexibility index (Phi) is 6.41. The zero-order valence-corrected chi connectivity index (χ0v) is 18.8. The van der Waals surface area contributed by atoms with Crippen LogP contribution >= 0.6 is 0 Å². The highest BCUT2D eigenvalue weighted by molar-refractivity contribution is 6.03. The van der Waals surface area contributed by atoms with Gasteiger partial charge in [0.05, 0.1) is 24.5 Å². The van der Waals surface area contributed by atoms with Crippen molar-refractivity contribution in [3.05, 3.63) is 63.9 Å². The summed E-state index contributed by atoms with van der Waals surface area (Å²) in [4.78, 5) is 24.3. The highest BCUT2D eigenvalue weighted by Gasteiger charge is 2.15. The number of piperidine rings is 1. The second-order valence-corrected chi connectivity index (χ2v) is 8.81. The summed E-state index contributed by atoms with van der Waals surface area (Å²) in [6.45, 7) is 6.28. The van der Waals surface area contributed by atoms with Crippen LogP contribution in [0.25, 0.3) is 10.8 Å². The van der Waals surface area contributed by atoms with Crippen molar-refractivity contribution in [1.29, 1.82) is 0 Å². The van der Waals surface area contributed by atoms with Crippen molar-refractivity contribution < 1.29 is 9.84 Å². The molecule has 3 heterocycles. The van der Waals surface area contributed by atoms with Crippen LogP contribution in [-0.4, -0.2) is 60.6 Å². The second kappa shape index (κ2) is 9.77. The maximum Gasteiger partial charge on any atom is 0.258 e. The third-order valence-electron chi connectivity index (χ3n) is 6.54. The quantitative estimate of drug-likeness (QED) is 0.583. The number of hydrogen-bond donors (Lipinski definition) is 2. The van der Waals surface area contributed by atoms with Gasteiger partial charge in [-0.25, -0.2) is 0 Å². The Bertz CT molecular complexity index is 1190. The first-order chi connectivity index (χ1) is 16.2. The molecule has 172 valence electrons. The molecule has 2 aliphatic heterocycles. The number of nitrogens with zero attached hydrogens (tertiary/aromatic N) is 3. The molecule has 2 aromatic carbocycles. The van der Waals surface area contributed by atoms with E-state index in [-0.39, 0.29) is 11.4 Å². The summed E-state index contributed by atoms with van der Waals surface area (Å²) in [7, 11) is 0. The number of benzene rings is 2. The Labute approximate surface area is 193 Å². The molecule has 1 aromatic heterocycles. The van der Waals surface area contributed by atoms with Crippen molar-refractivity contribution in [2.75, 3.05) is 44.3 Å². The van der Waals surface area contributed by atoms with E-state index in [1.807, 2.05) is 30.3 Å². The normalized spacial score (nSPS) is 17.8. The highest BCUT2D eigenvalue weighted by Crippen LogP contribution is 2.27. The van der Waals surface area contributed by atoms with E-state index in [2.05, 4.69) is 31.9 Å². The van der Waals surface area contributed by atoms with Gasteiger partial charge in [-0.15, -0.1) is 0 Å². The van der Waals surface area contributed by atoms with Gasteiger partial charge in [-0.05, 0) is 61.8 Å². The minimum absolute atomic E-state index is 0.169. The van der Waals surface area contributed by atoms with Crippen molar-refractivity contribution in [1.82, 2.24) is 9.88 Å². The summed E-state index contributed by atoms with van der Waals surface area (Å²) in [5.74, 6) is -0.169. The number of fused-ring (bicyclic) bond motifs is 1. The molecule has 7 heteroatoms. The van der Waals surface area contributed by atoms with Crippen molar-refractivity contribution in [3.8, 4) is 5.88 Å². The maximum absolute atomic E-state index is 12.4. The Hall–Kier alpha value is -3.16. The van der Waals surface area contributed by atoms with Crippen LogP contribution in [0, 0.1) is 0 Å². The number of ether oxygens (including phenoxy) is 1. The molecule has 0 aliphatic carbocycles. The Morgan fingerprint density at radius 2 is 1.73 bits per heavy atom. The van der Waals surface area contributed by atoms with Crippen LogP contribution in [0.15, 0.2) is 52.3 Å². The van der Waals surface area contributed by atoms with Gasteiger partial charge < -0.3 is 14.7 Å². The first-order valence-electron chi connectivity index (χ1n) is 11.7. The predicted molar refractivity (Wildman–Crippen MR) is 132 cm³/mol. The Morgan fingerprint density at radius 1 is 0.970 bits per heavy atom. The van der Waals surface area contributed by atoms with Gasteiger partial charge in [0.15, 0.2) is 0 Å². The zero-order chi connectivity index (χ0) is 22.6. The number of aromatic hydroxyl groups is 1. The zero-order valence-electron chi connectivity index (χ0n) is 18.8. The van der Waals surface area contributed by atoms with Crippen LogP contribution in [0.2, 0.25) is 0 Å². The number of rotatable bonds is 5. The Morgan fingerprint density at radius 3 is 2.48 bits per heavy atom. The molecular formula is C26H30N4O3. The van der Waals surface area contributed by atoms with Crippen LogP contribution in [0.1, 0.15) is 30.4 Å². The summed E-state index contributed by atoms with van der Waals surface area (Å²) in [5, 5.41) is 11.7. The summed E-state index contributed by atoms with van der Waals surface area (Å²) in [6, 6.07) is 13.9. The largest absolute Gasteiger partial charge is 0.494 e. The van der Waals surface area contributed by atoms with Crippen LogP contribution in [-0.2, 0) is 11.3 Å². The van der Waals surface area contributed by atoms with Crippen molar-refractivity contribution in [2.45, 2.75) is 25.8 Å². The van der Waals surface area contributed by atoms with Gasteiger partial charge in [0, 0.05) is 42.3 Å². The fourth-order valence-electron chi connectivity index (χ4n) is 4.67. The van der Waals surface area contributed by atoms with Crippen LogP contribution in [0.4, 0.5) is 11.4 Å². The van der Waals surface area contributed by atoms with Gasteiger partial charge in [-0.2, -0.15) is 0 Å². The van der Waals surface area contributed by atoms with Crippen LogP contribution in [0.3, 0.4) is 0 Å². The molecule has 0 saturated carbocycles. The summed E-state index contributed by atoms with van der Waals surface area (Å²) < 4.78 is 5.45. The number of H-pyrrole nitrogens is 1. The average molecular weight is 447 g/mol. The summed E-state index contributed by atoms with van der Waals surface area (Å²) >= 11 is 0. The third kappa shape index (κ3) is 4.94. The van der Waals surface area contributed by atoms with Crippen molar-refractivity contribution >= 4 is 28.4 Å². The van der Waals surface area contributed by atoms with Gasteiger partial charge in [-0.3, -0.25) is 19.7 Å². The van der Waals surface area contributed by atoms with Crippen molar-refractivity contribution in [3.63, 3.8) is 0 Å². The molecule has 2 aliphatic rings. The molecule has 2 saturated heterocycles. The number of nitrogens with one attached hydrogen (secondary N) is 1. The third-order valence-corrected chi connectivity index (χ3v) is 6.54. The van der Waals surface area contributed by atoms with E-state index in [1.54, 1.807) is 6.21 Å². The lowest BCUT2D eigenvalue weighted by atomic mass is 10.1. The number of aromatic amines is 1. The standard InChI is InChI=1S/C26H30N4O3/c31-25-22-9-8-21(30-12-14-33-15-13-30)16-23(22)24(26(32)28-25)17-27-20-6-4-19(5-7-20)18-29-10-2-1-3-11-29/h4-9,16-17H,1-3,10-15,18H2,(H2,28,31,32). The molecule has 0 radical (unpaired) electrons. The molecule has 0 amide bonds. The fraction of sp³-hybridized carbons (Fsp3) is 0.385. The smallest absolute Gasteiger partial charge is 0.258 e. The summed E-state index contributed by atoms with van der Waals surface area (Å²) in [5.41, 5.74) is 3.30. The minimum Gasteiger partial charge on any atom is -0.494 e. The maximum atomic E-state index is 12.4. The van der Waals surface area contributed by atoms with Gasteiger partial charge in [0.1, 0.15) is 0 Å². The molecule has 0 bridgehead atoms. The van der Waals surface area contributed by atoms with Gasteiger partial charge >= 0.3 is 0 Å². The summed E-state index contributed by atoms with van der Waals surface area (Å²) in [6.07, 6.45) is 5.54. The first-order valence-corrected chi connectivity index (χ1v) is 11.7. The first kappa shape index (κ1) is 21.7. The van der Waals surface area contributed by atoms with Gasteiger partial charge in [0.25, 0.3) is 5.56 Å². The number of morpholine rings is 1. The monoisotopic (exact) mass is 446 g/mol. The van der Waals surface area contributed by atoms with E-state index in [0.29, 0.717) is 29.5 Å². The number of aromatic nitrogens is 1. The highest BCUT2D eigenvalue weighted by atomic mass is 16.5. The SMILES string of the molecule is O=c1[nH]c(O)c(C=Nc2ccc(CN3CCCCC3)cc2)c2cc(N3CCOCC3)ccc12. The van der Waals surface area contributed by atoms with Gasteiger partial charge in [-0.1, -0.05) is 18.6 Å². The van der Waals surface area contributed by atoms with E-state index < -0.39 is 0 Å². The molecular weight excluding hydrogens is 416 g/mol. The lowest BCUT2D eigenvalue weighted by Gasteiger charge is -2.29. The number of pyridine rings is 1. The molecule has 2 N–H and O–H groups in total. The van der Waals surface area contributed by atoms with Crippen LogP contribution in [0.5, 0.6) is 5.88 Å². The number of aliphatic imine (C=N–C) groups is 1. The topological polar surface area (TPSA) is 81.2 Å². The molecule has 7 nitrogen and oxygen atoms in total. The predicted octanol–water partition coefficient (Wildman–Crippen LogP) is 3.81. The Balaban J connectivity index is 1.40. The molecule has 2 fully saturated rings. The molecule has 33 heavy (non-hydrogen) atoms. The molecule has 0 spiro atoms. The molecule has 3 aromatic rings. The van der Waals surface area contributed by atoms with E-state index in [9.17, 15) is 9.90 Å². The lowest BCUT2D eigenvalue weighted by Crippen LogP contribution is -2.36. The van der Waals surface area contributed by atoms with E-state index in [1.165, 1.54) is 37.9 Å². The lowest BCUT2D eigenvalue weighted by molar-refractivity contribution is 0.122. The van der Waals surface area contributed by atoms with Crippen molar-refractivity contribution in [2.24, 2.45) is 4.99 Å². The number of hydrogen-bond acceptors (Lipinski definition) is 6. The average Bonchev–Trinajstić information content (AvgIpc) is 2.86.